The summed E-state index contributed by atoms with van der Waals surface area (Å²) < 4.78 is 11.0. The molecule has 0 bridgehead atoms. The lowest BCUT2D eigenvalue weighted by Gasteiger charge is -2.19. The van der Waals surface area contributed by atoms with Gasteiger partial charge in [0.1, 0.15) is 19.6 Å². The molecule has 0 atom stereocenters. The molecule has 2 rings (SSSR count). The Morgan fingerprint density at radius 2 is 2.15 bits per heavy atom. The summed E-state index contributed by atoms with van der Waals surface area (Å²) in [6, 6.07) is 7.31. The van der Waals surface area contributed by atoms with Gasteiger partial charge < -0.3 is 9.47 Å². The van der Waals surface area contributed by atoms with Crippen molar-refractivity contribution in [1.82, 2.24) is 5.43 Å². The summed E-state index contributed by atoms with van der Waals surface area (Å²) in [7, 11) is 0. The van der Waals surface area contributed by atoms with Crippen LogP contribution < -0.4 is 14.9 Å². The van der Waals surface area contributed by atoms with Crippen LogP contribution in [0.25, 0.3) is 0 Å². The highest BCUT2D eigenvalue weighted by molar-refractivity contribution is 6.01. The third-order valence-electron chi connectivity index (χ3n) is 2.77. The minimum Gasteiger partial charge on any atom is -0.486 e. The van der Waals surface area contributed by atoms with Crippen LogP contribution in [0.4, 0.5) is 0 Å². The number of nitrogens with one attached hydrogen (secondary N) is 1. The van der Waals surface area contributed by atoms with Gasteiger partial charge in [-0.25, -0.2) is 5.43 Å². The second kappa shape index (κ2) is 6.57. The quantitative estimate of drug-likeness (QED) is 0.667. The van der Waals surface area contributed by atoms with E-state index in [2.05, 4.69) is 10.5 Å². The van der Waals surface area contributed by atoms with Gasteiger partial charge in [0.05, 0.1) is 11.8 Å². The molecule has 1 aliphatic heterocycles. The van der Waals surface area contributed by atoms with Crippen molar-refractivity contribution in [3.8, 4) is 17.6 Å². The van der Waals surface area contributed by atoms with Gasteiger partial charge in [0.25, 0.3) is 5.91 Å². The van der Waals surface area contributed by atoms with E-state index in [4.69, 9.17) is 14.7 Å². The summed E-state index contributed by atoms with van der Waals surface area (Å²) in [4.78, 5) is 11.2. The Kier molecular flexibility index (Phi) is 4.56. The number of hydrazone groups is 1. The molecule has 0 aliphatic carbocycles. The van der Waals surface area contributed by atoms with E-state index in [1.54, 1.807) is 6.07 Å². The molecule has 0 fully saturated rings. The molecule has 0 saturated carbocycles. The highest BCUT2D eigenvalue weighted by Crippen LogP contribution is 2.31. The number of ether oxygens (including phenoxy) is 2. The second-order valence-electron chi connectivity index (χ2n) is 4.14. The standard InChI is InChI=1S/C14H15N3O3/c1-2-11(16-17-14(18)5-6-15)10-3-4-12-13(9-10)20-8-7-19-12/h3-4,9H,2,5,7-8H2,1H3,(H,17,18)/b16-11-. The SMILES string of the molecule is CC/C(=N/NC(=O)CC#N)c1ccc2c(c1)OCCO2. The Hall–Kier alpha value is -2.55. The molecule has 0 radical (unpaired) electrons. The van der Waals surface area contributed by atoms with Gasteiger partial charge in [-0.15, -0.1) is 0 Å². The first kappa shape index (κ1) is 13.9. The van der Waals surface area contributed by atoms with Crippen LogP contribution in [0.15, 0.2) is 23.3 Å². The molecule has 1 aromatic rings. The van der Waals surface area contributed by atoms with Crippen LogP contribution in [0.3, 0.4) is 0 Å². The zero-order chi connectivity index (χ0) is 14.4. The molecule has 1 N–H and O–H groups in total. The number of hydrogen-bond donors (Lipinski definition) is 1. The number of nitriles is 1. The number of rotatable bonds is 4. The fourth-order valence-corrected chi connectivity index (χ4v) is 1.81. The molecule has 1 aromatic carbocycles. The van der Waals surface area contributed by atoms with Crippen molar-refractivity contribution in [1.29, 1.82) is 5.26 Å². The van der Waals surface area contributed by atoms with E-state index in [1.807, 2.05) is 25.1 Å². The van der Waals surface area contributed by atoms with E-state index in [1.165, 1.54) is 0 Å². The Bertz CT molecular complexity index is 576. The van der Waals surface area contributed by atoms with E-state index in [0.29, 0.717) is 36.8 Å². The predicted octanol–water partition coefficient (Wildman–Crippen LogP) is 1.60. The van der Waals surface area contributed by atoms with Crippen LogP contribution in [0, 0.1) is 11.3 Å². The molecule has 20 heavy (non-hydrogen) atoms. The van der Waals surface area contributed by atoms with E-state index in [-0.39, 0.29) is 6.42 Å². The van der Waals surface area contributed by atoms with E-state index < -0.39 is 5.91 Å². The second-order valence-corrected chi connectivity index (χ2v) is 4.14. The Labute approximate surface area is 117 Å². The van der Waals surface area contributed by atoms with Crippen molar-refractivity contribution in [3.05, 3.63) is 23.8 Å². The number of benzene rings is 1. The molecule has 6 nitrogen and oxygen atoms in total. The highest BCUT2D eigenvalue weighted by atomic mass is 16.6. The molecular formula is C14H15N3O3. The molecular weight excluding hydrogens is 258 g/mol. The third kappa shape index (κ3) is 3.26. The summed E-state index contributed by atoms with van der Waals surface area (Å²) in [5.74, 6) is 0.971. The molecule has 0 spiro atoms. The maximum absolute atomic E-state index is 11.2. The van der Waals surface area contributed by atoms with Crippen molar-refractivity contribution in [2.75, 3.05) is 13.2 Å². The smallest absolute Gasteiger partial charge is 0.254 e. The highest BCUT2D eigenvalue weighted by Gasteiger charge is 2.13. The maximum atomic E-state index is 11.2. The van der Waals surface area contributed by atoms with E-state index >= 15 is 0 Å². The van der Waals surface area contributed by atoms with Crippen molar-refractivity contribution in [2.24, 2.45) is 5.10 Å². The van der Waals surface area contributed by atoms with E-state index in [9.17, 15) is 4.79 Å². The van der Waals surface area contributed by atoms with Crippen LogP contribution in [0.1, 0.15) is 25.3 Å². The van der Waals surface area contributed by atoms with Gasteiger partial charge in [-0.3, -0.25) is 4.79 Å². The fraction of sp³-hybridized carbons (Fsp3) is 0.357. The predicted molar refractivity (Wildman–Crippen MR) is 72.6 cm³/mol. The van der Waals surface area contributed by atoms with Crippen molar-refractivity contribution >= 4 is 11.6 Å². The minimum absolute atomic E-state index is 0.207. The molecule has 6 heteroatoms. The van der Waals surface area contributed by atoms with Gasteiger partial charge in [0.2, 0.25) is 0 Å². The molecule has 1 amide bonds. The fourth-order valence-electron chi connectivity index (χ4n) is 1.81. The average molecular weight is 273 g/mol. The van der Waals surface area contributed by atoms with Gasteiger partial charge in [-0.1, -0.05) is 6.92 Å². The lowest BCUT2D eigenvalue weighted by molar-refractivity contribution is -0.120. The topological polar surface area (TPSA) is 83.7 Å². The molecule has 0 aromatic heterocycles. The lowest BCUT2D eigenvalue weighted by Crippen LogP contribution is -2.19. The monoisotopic (exact) mass is 273 g/mol. The third-order valence-corrected chi connectivity index (χ3v) is 2.77. The Morgan fingerprint density at radius 3 is 2.85 bits per heavy atom. The van der Waals surface area contributed by atoms with Gasteiger partial charge in [-0.2, -0.15) is 10.4 Å². The summed E-state index contributed by atoms with van der Waals surface area (Å²) in [6.07, 6.45) is 0.439. The van der Waals surface area contributed by atoms with Crippen molar-refractivity contribution < 1.29 is 14.3 Å². The summed E-state index contributed by atoms with van der Waals surface area (Å²) in [6.45, 7) is 3.01. The Balaban J connectivity index is 2.17. The van der Waals surface area contributed by atoms with Crippen LogP contribution in [0.2, 0.25) is 0 Å². The number of carbonyl (C=O) groups excluding carboxylic acids is 1. The number of fused-ring (bicyclic) bond motifs is 1. The summed E-state index contributed by atoms with van der Waals surface area (Å²) in [5, 5.41) is 12.5. The largest absolute Gasteiger partial charge is 0.486 e. The van der Waals surface area contributed by atoms with Gasteiger partial charge >= 0.3 is 0 Å². The zero-order valence-electron chi connectivity index (χ0n) is 11.2. The van der Waals surface area contributed by atoms with Crippen molar-refractivity contribution in [3.63, 3.8) is 0 Å². The first-order chi connectivity index (χ1) is 9.74. The zero-order valence-corrected chi connectivity index (χ0v) is 11.2. The normalized spacial score (nSPS) is 13.5. The molecule has 1 heterocycles. The average Bonchev–Trinajstić information content (AvgIpc) is 2.48. The van der Waals surface area contributed by atoms with Crippen LogP contribution in [0.5, 0.6) is 11.5 Å². The van der Waals surface area contributed by atoms with Crippen molar-refractivity contribution in [2.45, 2.75) is 19.8 Å². The molecule has 104 valence electrons. The van der Waals surface area contributed by atoms with Crippen LogP contribution in [-0.4, -0.2) is 24.8 Å². The van der Waals surface area contributed by atoms with Crippen LogP contribution >= 0.6 is 0 Å². The number of carbonyl (C=O) groups is 1. The molecule has 0 unspecified atom stereocenters. The lowest BCUT2D eigenvalue weighted by atomic mass is 10.1. The summed E-state index contributed by atoms with van der Waals surface area (Å²) in [5.41, 5.74) is 3.94. The van der Waals surface area contributed by atoms with Gasteiger partial charge in [-0.05, 0) is 24.6 Å². The first-order valence-corrected chi connectivity index (χ1v) is 6.37. The molecule has 1 aliphatic rings. The minimum atomic E-state index is -0.420. The summed E-state index contributed by atoms with van der Waals surface area (Å²) >= 11 is 0. The number of nitrogens with zero attached hydrogens (tertiary/aromatic N) is 2. The van der Waals surface area contributed by atoms with E-state index in [0.717, 1.165) is 5.56 Å². The first-order valence-electron chi connectivity index (χ1n) is 6.37. The van der Waals surface area contributed by atoms with Crippen LogP contribution in [-0.2, 0) is 4.79 Å². The van der Waals surface area contributed by atoms with Gasteiger partial charge in [0.15, 0.2) is 11.5 Å². The van der Waals surface area contributed by atoms with Gasteiger partial charge in [0, 0.05) is 5.56 Å². The number of amides is 1. The number of hydrogen-bond acceptors (Lipinski definition) is 5. The maximum Gasteiger partial charge on any atom is 0.254 e. The molecule has 0 saturated heterocycles. The Morgan fingerprint density at radius 1 is 1.40 bits per heavy atom.